The third-order valence-corrected chi connectivity index (χ3v) is 13.0. The molecule has 4 N–H and O–H groups in total. The lowest BCUT2D eigenvalue weighted by atomic mass is 9.68. The summed E-state index contributed by atoms with van der Waals surface area (Å²) in [6.45, 7) is 7.20. The summed E-state index contributed by atoms with van der Waals surface area (Å²) in [4.78, 5) is 0. The van der Waals surface area contributed by atoms with Crippen molar-refractivity contribution in [3.63, 3.8) is 0 Å². The van der Waals surface area contributed by atoms with Crippen molar-refractivity contribution in [2.45, 2.75) is 25.1 Å². The van der Waals surface area contributed by atoms with Crippen molar-refractivity contribution in [1.29, 1.82) is 0 Å². The monoisotopic (exact) mass is 634 g/mol. The fourth-order valence-electron chi connectivity index (χ4n) is 8.90. The van der Waals surface area contributed by atoms with Crippen molar-refractivity contribution in [3.8, 4) is 33.4 Å². The molecule has 0 radical (unpaired) electrons. The quantitative estimate of drug-likeness (QED) is 0.147. The van der Waals surface area contributed by atoms with Gasteiger partial charge in [0.05, 0.1) is 18.9 Å². The van der Waals surface area contributed by atoms with Crippen molar-refractivity contribution < 1.29 is 4.42 Å². The average Bonchev–Trinajstić information content (AvgIpc) is 3.73. The first-order chi connectivity index (χ1) is 23.3. The number of furan rings is 1. The van der Waals surface area contributed by atoms with Gasteiger partial charge < -0.3 is 15.9 Å². The first-order valence-electron chi connectivity index (χ1n) is 16.7. The van der Waals surface area contributed by atoms with Crippen molar-refractivity contribution >= 4 is 57.3 Å². The highest BCUT2D eigenvalue weighted by molar-refractivity contribution is 6.88. The molecule has 2 aliphatic rings. The number of rotatable bonds is 2. The van der Waals surface area contributed by atoms with Crippen molar-refractivity contribution in [1.82, 2.24) is 0 Å². The van der Waals surface area contributed by atoms with Crippen molar-refractivity contribution in [3.05, 3.63) is 150 Å². The summed E-state index contributed by atoms with van der Waals surface area (Å²) in [7, 11) is -1.47. The van der Waals surface area contributed by atoms with Crippen molar-refractivity contribution in [2.24, 2.45) is 0 Å². The smallest absolute Gasteiger partial charge is 0.145 e. The number of nitrogen functional groups attached to an aromatic ring is 2. The van der Waals surface area contributed by atoms with Crippen LogP contribution in [0.4, 0.5) is 11.4 Å². The molecule has 0 fully saturated rings. The van der Waals surface area contributed by atoms with Gasteiger partial charge in [0.1, 0.15) is 11.2 Å². The molecule has 0 aliphatic heterocycles. The molecule has 48 heavy (non-hydrogen) atoms. The van der Waals surface area contributed by atoms with E-state index in [1.54, 1.807) is 0 Å². The zero-order valence-corrected chi connectivity index (χ0v) is 28.2. The second-order valence-electron chi connectivity index (χ2n) is 14.5. The molecular weight excluding hydrogens is 601 g/mol. The minimum atomic E-state index is -1.47. The maximum absolute atomic E-state index is 7.13. The lowest BCUT2D eigenvalue weighted by Gasteiger charge is -2.32. The lowest BCUT2D eigenvalue weighted by Crippen LogP contribution is -2.37. The van der Waals surface area contributed by atoms with E-state index in [2.05, 4.69) is 135 Å². The highest BCUT2D eigenvalue weighted by Gasteiger charge is 2.54. The lowest BCUT2D eigenvalue weighted by molar-refractivity contribution is 0.669. The summed E-state index contributed by atoms with van der Waals surface area (Å²) in [5, 5.41) is 5.62. The molecule has 10 rings (SSSR count). The van der Waals surface area contributed by atoms with E-state index in [9.17, 15) is 0 Å². The predicted molar refractivity (Wildman–Crippen MR) is 205 cm³/mol. The molecular formula is C44H34N2OSi. The highest BCUT2D eigenvalue weighted by atomic mass is 28.3. The number of hydrogen-bond donors (Lipinski definition) is 2. The SMILES string of the molecule is C[Si](C)(C)c1ccc(-c2cccc3c2C2(c4ccccc4-3)c3cc(N)c4ccccc4c3-c3c2cc(N)c2c3oc3ccccc32)cc1. The van der Waals surface area contributed by atoms with E-state index in [1.165, 1.54) is 49.7 Å². The van der Waals surface area contributed by atoms with Crippen LogP contribution in [-0.2, 0) is 5.41 Å². The number of nitrogens with two attached hydrogens (primary N) is 2. The van der Waals surface area contributed by atoms with Crippen molar-refractivity contribution in [2.75, 3.05) is 11.5 Å². The maximum Gasteiger partial charge on any atom is 0.145 e. The van der Waals surface area contributed by atoms with E-state index < -0.39 is 13.5 Å². The van der Waals surface area contributed by atoms with Gasteiger partial charge in [-0.3, -0.25) is 0 Å². The van der Waals surface area contributed by atoms with E-state index in [1.807, 2.05) is 12.1 Å². The van der Waals surface area contributed by atoms with Crippen LogP contribution in [0.5, 0.6) is 0 Å². The Labute approximate surface area is 280 Å². The van der Waals surface area contributed by atoms with Crippen LogP contribution in [0.25, 0.3) is 66.1 Å². The van der Waals surface area contributed by atoms with Gasteiger partial charge in [-0.2, -0.15) is 0 Å². The zero-order valence-electron chi connectivity index (χ0n) is 27.2. The molecule has 7 aromatic carbocycles. The molecule has 1 unspecified atom stereocenters. The largest absolute Gasteiger partial charge is 0.455 e. The summed E-state index contributed by atoms with van der Waals surface area (Å²) in [5.41, 5.74) is 28.7. The first kappa shape index (κ1) is 27.5. The molecule has 1 heterocycles. The maximum atomic E-state index is 7.13. The number of fused-ring (bicyclic) bond motifs is 16. The van der Waals surface area contributed by atoms with Crippen LogP contribution in [0.2, 0.25) is 19.6 Å². The number of benzene rings is 7. The Morgan fingerprint density at radius 1 is 0.542 bits per heavy atom. The van der Waals surface area contributed by atoms with Crippen LogP contribution in [0.1, 0.15) is 22.3 Å². The molecule has 230 valence electrons. The first-order valence-corrected chi connectivity index (χ1v) is 20.2. The molecule has 2 aliphatic carbocycles. The van der Waals surface area contributed by atoms with Crippen LogP contribution in [0.15, 0.2) is 132 Å². The zero-order chi connectivity index (χ0) is 32.5. The topological polar surface area (TPSA) is 65.2 Å². The summed E-state index contributed by atoms with van der Waals surface area (Å²) in [5.74, 6) is 0. The molecule has 1 atom stereocenters. The molecule has 4 heteroatoms. The molecule has 0 bridgehead atoms. The molecule has 1 aromatic heterocycles. The van der Waals surface area contributed by atoms with Gasteiger partial charge in [-0.1, -0.05) is 134 Å². The van der Waals surface area contributed by atoms with Crippen LogP contribution in [0, 0.1) is 0 Å². The number of anilines is 2. The summed E-state index contributed by atoms with van der Waals surface area (Å²) < 4.78 is 6.84. The second kappa shape index (κ2) is 9.27. The molecule has 3 nitrogen and oxygen atoms in total. The van der Waals surface area contributed by atoms with E-state index in [-0.39, 0.29) is 0 Å². The standard InChI is InChI=1S/C44H34N2OSi/c1-48(2,3)26-21-19-25(20-22-26)27-15-10-16-31-28-11-6-8-17-33(28)44(42(27)31)34-23-36(45)29-12-4-5-13-30(29)39(34)41-35(44)24-37(46)40-32-14-7-9-18-38(32)47-43(40)41/h4-24H,45-46H2,1-3H3. The number of hydrogen-bond acceptors (Lipinski definition) is 3. The van der Waals surface area contributed by atoms with Crippen LogP contribution in [0.3, 0.4) is 0 Å². The van der Waals surface area contributed by atoms with Gasteiger partial charge in [0.15, 0.2) is 0 Å². The van der Waals surface area contributed by atoms with Gasteiger partial charge in [-0.25, -0.2) is 0 Å². The molecule has 0 saturated heterocycles. The Kier molecular flexibility index (Phi) is 5.32. The molecule has 0 amide bonds. The Bertz CT molecular complexity index is 2680. The van der Waals surface area contributed by atoms with Gasteiger partial charge >= 0.3 is 0 Å². The normalized spacial score (nSPS) is 16.1. The van der Waals surface area contributed by atoms with Gasteiger partial charge in [-0.15, -0.1) is 0 Å². The fraction of sp³-hybridized carbons (Fsp3) is 0.0909. The average molecular weight is 635 g/mol. The van der Waals surface area contributed by atoms with E-state index in [0.29, 0.717) is 0 Å². The molecule has 0 saturated carbocycles. The van der Waals surface area contributed by atoms with E-state index >= 15 is 0 Å². The van der Waals surface area contributed by atoms with Gasteiger partial charge in [-0.05, 0) is 73.7 Å². The number of para-hydroxylation sites is 1. The van der Waals surface area contributed by atoms with E-state index in [4.69, 9.17) is 15.9 Å². The molecule has 8 aromatic rings. The van der Waals surface area contributed by atoms with Gasteiger partial charge in [0.2, 0.25) is 0 Å². The Balaban J connectivity index is 1.43. The summed E-state index contributed by atoms with van der Waals surface area (Å²) in [6, 6.07) is 46.2. The minimum absolute atomic E-state index is 0.663. The van der Waals surface area contributed by atoms with Gasteiger partial charge in [0.25, 0.3) is 0 Å². The Morgan fingerprint density at radius 2 is 1.17 bits per heavy atom. The fourth-order valence-corrected chi connectivity index (χ4v) is 10.1. The summed E-state index contributed by atoms with van der Waals surface area (Å²) in [6.07, 6.45) is 0. The van der Waals surface area contributed by atoms with Crippen LogP contribution in [-0.4, -0.2) is 8.07 Å². The molecule has 1 spiro atoms. The predicted octanol–water partition coefficient (Wildman–Crippen LogP) is 10.5. The Morgan fingerprint density at radius 3 is 1.96 bits per heavy atom. The van der Waals surface area contributed by atoms with Gasteiger partial charge in [0, 0.05) is 27.7 Å². The minimum Gasteiger partial charge on any atom is -0.455 e. The van der Waals surface area contributed by atoms with E-state index in [0.717, 1.165) is 55.2 Å². The van der Waals surface area contributed by atoms with Crippen LogP contribution >= 0.6 is 0 Å². The third-order valence-electron chi connectivity index (χ3n) is 10.9. The highest BCUT2D eigenvalue weighted by Crippen LogP contribution is 2.67. The van der Waals surface area contributed by atoms with Crippen LogP contribution < -0.4 is 16.7 Å². The second-order valence-corrected chi connectivity index (χ2v) is 19.6. The Hall–Kier alpha value is -5.58. The summed E-state index contributed by atoms with van der Waals surface area (Å²) >= 11 is 0. The third kappa shape index (κ3) is 3.33.